The fraction of sp³-hybridized carbons (Fsp3) is 0.619. The largest absolute Gasteiger partial charge is 0.390 e. The molecule has 0 saturated carbocycles. The van der Waals surface area contributed by atoms with Crippen LogP contribution >= 0.6 is 0 Å². The third-order valence-electron chi connectivity index (χ3n) is 5.84. The Labute approximate surface area is 160 Å². The summed E-state index contributed by atoms with van der Waals surface area (Å²) in [4.78, 5) is 26.6. The molecule has 27 heavy (non-hydrogen) atoms. The SMILES string of the molecule is CC1(O)CCOCC1C1CCCN1C(=O)C(=O)NCCCc1ccccc1. The standard InChI is InChI=1S/C21H30N2O4/c1-21(26)11-14-27-15-17(21)18-10-6-13-23(18)20(25)19(24)22-12-5-9-16-7-3-2-4-8-16/h2-4,7-8,17-18,26H,5-6,9-15H2,1H3,(H,22,24). The maximum absolute atomic E-state index is 12.7. The highest BCUT2D eigenvalue weighted by atomic mass is 16.5. The highest BCUT2D eigenvalue weighted by molar-refractivity contribution is 6.35. The number of carbonyl (C=O) groups is 2. The molecule has 6 heteroatoms. The summed E-state index contributed by atoms with van der Waals surface area (Å²) in [6, 6.07) is 9.94. The zero-order chi connectivity index (χ0) is 19.3. The van der Waals surface area contributed by atoms with Gasteiger partial charge in [-0.15, -0.1) is 0 Å². The van der Waals surface area contributed by atoms with E-state index in [1.807, 2.05) is 25.1 Å². The van der Waals surface area contributed by atoms with Gasteiger partial charge in [-0.1, -0.05) is 30.3 Å². The summed E-state index contributed by atoms with van der Waals surface area (Å²) in [6.45, 7) is 3.81. The number of benzene rings is 1. The molecule has 0 aliphatic carbocycles. The van der Waals surface area contributed by atoms with Crippen LogP contribution in [0.25, 0.3) is 0 Å². The lowest BCUT2D eigenvalue weighted by atomic mass is 9.79. The number of amides is 2. The number of hydrogen-bond acceptors (Lipinski definition) is 4. The van der Waals surface area contributed by atoms with E-state index in [1.165, 1.54) is 5.56 Å². The minimum absolute atomic E-state index is 0.136. The van der Waals surface area contributed by atoms with Gasteiger partial charge in [0.25, 0.3) is 0 Å². The first-order chi connectivity index (χ1) is 13.0. The van der Waals surface area contributed by atoms with E-state index in [2.05, 4.69) is 17.4 Å². The van der Waals surface area contributed by atoms with Gasteiger partial charge in [0.05, 0.1) is 12.2 Å². The van der Waals surface area contributed by atoms with Crippen molar-refractivity contribution in [2.24, 2.45) is 5.92 Å². The topological polar surface area (TPSA) is 78.9 Å². The van der Waals surface area contributed by atoms with E-state index in [9.17, 15) is 14.7 Å². The Kier molecular flexibility index (Phi) is 6.50. The summed E-state index contributed by atoms with van der Waals surface area (Å²) in [5.74, 6) is -1.19. The number of ether oxygens (including phenoxy) is 1. The van der Waals surface area contributed by atoms with Gasteiger partial charge in [0.1, 0.15) is 0 Å². The molecule has 2 N–H and O–H groups in total. The van der Waals surface area contributed by atoms with Crippen LogP contribution < -0.4 is 5.32 Å². The first-order valence-corrected chi connectivity index (χ1v) is 9.92. The number of likely N-dealkylation sites (tertiary alicyclic amines) is 1. The number of hydrogen-bond donors (Lipinski definition) is 2. The molecule has 3 rings (SSSR count). The number of aliphatic hydroxyl groups is 1. The first kappa shape index (κ1) is 19.8. The van der Waals surface area contributed by atoms with Crippen LogP contribution in [-0.4, -0.2) is 59.8 Å². The molecule has 2 heterocycles. The van der Waals surface area contributed by atoms with Crippen LogP contribution in [0, 0.1) is 5.92 Å². The molecule has 0 radical (unpaired) electrons. The van der Waals surface area contributed by atoms with Crippen LogP contribution in [0.3, 0.4) is 0 Å². The van der Waals surface area contributed by atoms with Crippen molar-refractivity contribution in [2.45, 2.75) is 50.7 Å². The third-order valence-corrected chi connectivity index (χ3v) is 5.84. The van der Waals surface area contributed by atoms with E-state index in [0.29, 0.717) is 32.7 Å². The van der Waals surface area contributed by atoms with Crippen molar-refractivity contribution in [3.05, 3.63) is 35.9 Å². The first-order valence-electron chi connectivity index (χ1n) is 9.92. The molecule has 2 fully saturated rings. The van der Waals surface area contributed by atoms with Crippen LogP contribution in [0.2, 0.25) is 0 Å². The van der Waals surface area contributed by atoms with E-state index in [4.69, 9.17) is 4.74 Å². The Balaban J connectivity index is 1.50. The molecule has 2 aliphatic rings. The van der Waals surface area contributed by atoms with Crippen molar-refractivity contribution in [1.29, 1.82) is 0 Å². The molecular formula is C21H30N2O4. The van der Waals surface area contributed by atoms with Crippen LogP contribution in [0.4, 0.5) is 0 Å². The van der Waals surface area contributed by atoms with Gasteiger partial charge < -0.3 is 20.1 Å². The molecule has 0 spiro atoms. The van der Waals surface area contributed by atoms with E-state index in [0.717, 1.165) is 25.7 Å². The van der Waals surface area contributed by atoms with Crippen LogP contribution in [0.5, 0.6) is 0 Å². The summed E-state index contributed by atoms with van der Waals surface area (Å²) >= 11 is 0. The second-order valence-corrected chi connectivity index (χ2v) is 7.84. The van der Waals surface area contributed by atoms with Gasteiger partial charge in [0.2, 0.25) is 0 Å². The highest BCUT2D eigenvalue weighted by Crippen LogP contribution is 2.35. The number of nitrogens with zero attached hydrogens (tertiary/aromatic N) is 1. The molecule has 2 aliphatic heterocycles. The number of carbonyl (C=O) groups excluding carboxylic acids is 2. The Bertz CT molecular complexity index is 647. The van der Waals surface area contributed by atoms with E-state index < -0.39 is 17.4 Å². The minimum atomic E-state index is -0.863. The van der Waals surface area contributed by atoms with Gasteiger partial charge >= 0.3 is 11.8 Å². The van der Waals surface area contributed by atoms with Gasteiger partial charge in [-0.05, 0) is 44.6 Å². The average Bonchev–Trinajstić information content (AvgIpc) is 3.14. The Morgan fingerprint density at radius 2 is 2.11 bits per heavy atom. The van der Waals surface area contributed by atoms with Gasteiger partial charge in [-0.2, -0.15) is 0 Å². The fourth-order valence-corrected chi connectivity index (χ4v) is 4.19. The van der Waals surface area contributed by atoms with E-state index in [-0.39, 0.29) is 12.0 Å². The van der Waals surface area contributed by atoms with Crippen molar-refractivity contribution >= 4 is 11.8 Å². The van der Waals surface area contributed by atoms with Gasteiger partial charge in [0.15, 0.2) is 0 Å². The third kappa shape index (κ3) is 4.87. The van der Waals surface area contributed by atoms with Crippen LogP contribution in [-0.2, 0) is 20.7 Å². The monoisotopic (exact) mass is 374 g/mol. The molecule has 1 aromatic rings. The van der Waals surface area contributed by atoms with Crippen molar-refractivity contribution in [2.75, 3.05) is 26.3 Å². The van der Waals surface area contributed by atoms with Crippen molar-refractivity contribution in [1.82, 2.24) is 10.2 Å². The summed E-state index contributed by atoms with van der Waals surface area (Å²) in [7, 11) is 0. The predicted octanol–water partition coefficient (Wildman–Crippen LogP) is 1.51. The summed E-state index contributed by atoms with van der Waals surface area (Å²) in [5.41, 5.74) is 0.356. The predicted molar refractivity (Wildman–Crippen MR) is 102 cm³/mol. The maximum atomic E-state index is 12.7. The summed E-state index contributed by atoms with van der Waals surface area (Å²) in [6.07, 6.45) is 3.87. The van der Waals surface area contributed by atoms with Crippen LogP contribution in [0.1, 0.15) is 38.2 Å². The normalized spacial score (nSPS) is 28.1. The molecular weight excluding hydrogens is 344 g/mol. The molecule has 0 aromatic heterocycles. The molecule has 0 bridgehead atoms. The number of rotatable bonds is 5. The molecule has 6 nitrogen and oxygen atoms in total. The minimum Gasteiger partial charge on any atom is -0.390 e. The molecule has 2 amide bonds. The van der Waals surface area contributed by atoms with Gasteiger partial charge in [0, 0.05) is 31.7 Å². The lowest BCUT2D eigenvalue weighted by Crippen LogP contribution is -2.55. The van der Waals surface area contributed by atoms with Gasteiger partial charge in [-0.25, -0.2) is 0 Å². The van der Waals surface area contributed by atoms with E-state index >= 15 is 0 Å². The number of aryl methyl sites for hydroxylation is 1. The summed E-state index contributed by atoms with van der Waals surface area (Å²) < 4.78 is 5.54. The fourth-order valence-electron chi connectivity index (χ4n) is 4.19. The Morgan fingerprint density at radius 3 is 2.85 bits per heavy atom. The summed E-state index contributed by atoms with van der Waals surface area (Å²) in [5, 5.41) is 13.4. The van der Waals surface area contributed by atoms with Crippen molar-refractivity contribution in [3.8, 4) is 0 Å². The maximum Gasteiger partial charge on any atom is 0.312 e. The highest BCUT2D eigenvalue weighted by Gasteiger charge is 2.46. The van der Waals surface area contributed by atoms with E-state index in [1.54, 1.807) is 4.90 Å². The second kappa shape index (κ2) is 8.85. The van der Waals surface area contributed by atoms with Gasteiger partial charge in [-0.3, -0.25) is 9.59 Å². The average molecular weight is 374 g/mol. The Hall–Kier alpha value is -1.92. The zero-order valence-corrected chi connectivity index (χ0v) is 16.0. The quantitative estimate of drug-likeness (QED) is 0.605. The molecule has 148 valence electrons. The molecule has 2 saturated heterocycles. The lowest BCUT2D eigenvalue weighted by molar-refractivity contribution is -0.153. The zero-order valence-electron chi connectivity index (χ0n) is 16.0. The second-order valence-electron chi connectivity index (χ2n) is 7.84. The molecule has 1 aromatic carbocycles. The van der Waals surface area contributed by atoms with Crippen LogP contribution in [0.15, 0.2) is 30.3 Å². The smallest absolute Gasteiger partial charge is 0.312 e. The number of nitrogens with one attached hydrogen (secondary N) is 1. The Morgan fingerprint density at radius 1 is 1.33 bits per heavy atom. The van der Waals surface area contributed by atoms with Crippen molar-refractivity contribution in [3.63, 3.8) is 0 Å². The van der Waals surface area contributed by atoms with Crippen molar-refractivity contribution < 1.29 is 19.4 Å². The molecule has 3 atom stereocenters. The molecule has 3 unspecified atom stereocenters. The lowest BCUT2D eigenvalue weighted by Gasteiger charge is -2.43.